The third kappa shape index (κ3) is 4.43. The van der Waals surface area contributed by atoms with Crippen LogP contribution in [0, 0.1) is 6.92 Å². The molecule has 0 saturated carbocycles. The third-order valence-corrected chi connectivity index (χ3v) is 7.77. The SMILES string of the molecule is Cc1ccc(-c2csc(NC(=O)c3ccccc3NS(=O)(=O)c3cccs3)n2)cc1. The van der Waals surface area contributed by atoms with Gasteiger partial charge in [0.2, 0.25) is 0 Å². The zero-order valence-electron chi connectivity index (χ0n) is 15.8. The Kier molecular flexibility index (Phi) is 5.67. The summed E-state index contributed by atoms with van der Waals surface area (Å²) in [6, 6.07) is 17.6. The van der Waals surface area contributed by atoms with Crippen LogP contribution in [0.15, 0.2) is 75.6 Å². The topological polar surface area (TPSA) is 88.2 Å². The first-order valence-corrected chi connectivity index (χ1v) is 12.2. The van der Waals surface area contributed by atoms with Crippen molar-refractivity contribution in [3.63, 3.8) is 0 Å². The number of thiophene rings is 1. The summed E-state index contributed by atoms with van der Waals surface area (Å²) in [6.07, 6.45) is 0. The van der Waals surface area contributed by atoms with Crippen LogP contribution < -0.4 is 10.0 Å². The van der Waals surface area contributed by atoms with Gasteiger partial charge >= 0.3 is 0 Å². The Balaban J connectivity index is 1.54. The van der Waals surface area contributed by atoms with Crippen LogP contribution in [-0.2, 0) is 10.0 Å². The second kappa shape index (κ2) is 8.39. The standard InChI is InChI=1S/C21H17N3O3S3/c1-14-8-10-15(11-9-14)18-13-29-21(22-18)23-20(25)16-5-2-3-6-17(16)24-30(26,27)19-7-4-12-28-19/h2-13,24H,1H3,(H,22,23,25). The summed E-state index contributed by atoms with van der Waals surface area (Å²) in [4.78, 5) is 17.3. The van der Waals surface area contributed by atoms with Gasteiger partial charge in [-0.1, -0.05) is 48.0 Å². The number of para-hydroxylation sites is 1. The first-order chi connectivity index (χ1) is 14.4. The lowest BCUT2D eigenvalue weighted by molar-refractivity contribution is 0.102. The molecule has 4 aromatic rings. The van der Waals surface area contributed by atoms with Crippen molar-refractivity contribution in [3.8, 4) is 11.3 Å². The molecule has 0 bridgehead atoms. The fourth-order valence-electron chi connectivity index (χ4n) is 2.73. The van der Waals surface area contributed by atoms with Gasteiger partial charge in [-0.3, -0.25) is 14.8 Å². The Morgan fingerprint density at radius 3 is 2.47 bits per heavy atom. The number of carbonyl (C=O) groups is 1. The molecule has 0 aliphatic heterocycles. The first kappa shape index (κ1) is 20.3. The summed E-state index contributed by atoms with van der Waals surface area (Å²) in [7, 11) is -3.76. The fourth-order valence-corrected chi connectivity index (χ4v) is 5.52. The van der Waals surface area contributed by atoms with Crippen molar-refractivity contribution in [2.24, 2.45) is 0 Å². The van der Waals surface area contributed by atoms with E-state index in [1.807, 2.05) is 36.6 Å². The van der Waals surface area contributed by atoms with E-state index in [0.29, 0.717) is 5.13 Å². The minimum Gasteiger partial charge on any atom is -0.298 e. The van der Waals surface area contributed by atoms with E-state index in [2.05, 4.69) is 15.0 Å². The lowest BCUT2D eigenvalue weighted by atomic mass is 10.1. The fraction of sp³-hybridized carbons (Fsp3) is 0.0476. The van der Waals surface area contributed by atoms with Crippen LogP contribution in [0.4, 0.5) is 10.8 Å². The minimum absolute atomic E-state index is 0.181. The average molecular weight is 456 g/mol. The molecule has 2 aromatic heterocycles. The molecule has 9 heteroatoms. The number of aryl methyl sites for hydroxylation is 1. The number of thiazole rings is 1. The highest BCUT2D eigenvalue weighted by Crippen LogP contribution is 2.27. The lowest BCUT2D eigenvalue weighted by Crippen LogP contribution is -2.18. The van der Waals surface area contributed by atoms with Crippen molar-refractivity contribution in [1.29, 1.82) is 0 Å². The first-order valence-electron chi connectivity index (χ1n) is 8.92. The van der Waals surface area contributed by atoms with E-state index in [-0.39, 0.29) is 15.5 Å². The van der Waals surface area contributed by atoms with Crippen molar-refractivity contribution < 1.29 is 13.2 Å². The molecule has 30 heavy (non-hydrogen) atoms. The Bertz CT molecular complexity index is 1280. The maximum Gasteiger partial charge on any atom is 0.271 e. The monoisotopic (exact) mass is 455 g/mol. The smallest absolute Gasteiger partial charge is 0.271 e. The van der Waals surface area contributed by atoms with Gasteiger partial charge < -0.3 is 0 Å². The summed E-state index contributed by atoms with van der Waals surface area (Å²) in [6.45, 7) is 2.01. The highest BCUT2D eigenvalue weighted by Gasteiger charge is 2.20. The van der Waals surface area contributed by atoms with Crippen LogP contribution >= 0.6 is 22.7 Å². The summed E-state index contributed by atoms with van der Waals surface area (Å²) < 4.78 is 27.8. The normalized spacial score (nSPS) is 11.2. The molecule has 0 radical (unpaired) electrons. The predicted molar refractivity (Wildman–Crippen MR) is 122 cm³/mol. The number of hydrogen-bond donors (Lipinski definition) is 2. The maximum atomic E-state index is 12.8. The number of sulfonamides is 1. The summed E-state index contributed by atoms with van der Waals surface area (Å²) in [5.74, 6) is -0.440. The number of benzene rings is 2. The highest BCUT2D eigenvalue weighted by molar-refractivity contribution is 7.94. The van der Waals surface area contributed by atoms with Crippen LogP contribution in [0.3, 0.4) is 0 Å². The van der Waals surface area contributed by atoms with Crippen LogP contribution in [0.1, 0.15) is 15.9 Å². The number of amides is 1. The minimum atomic E-state index is -3.76. The zero-order chi connectivity index (χ0) is 21.1. The molecule has 0 unspecified atom stereocenters. The second-order valence-corrected chi connectivity index (χ2v) is 10.2. The third-order valence-electron chi connectivity index (χ3n) is 4.25. The van der Waals surface area contributed by atoms with Crippen molar-refractivity contribution in [1.82, 2.24) is 4.98 Å². The molecule has 0 atom stereocenters. The summed E-state index contributed by atoms with van der Waals surface area (Å²) in [5.41, 5.74) is 3.30. The Morgan fingerprint density at radius 1 is 0.967 bits per heavy atom. The summed E-state index contributed by atoms with van der Waals surface area (Å²) >= 11 is 2.42. The van der Waals surface area contributed by atoms with Gasteiger partial charge in [0.15, 0.2) is 5.13 Å². The number of hydrogen-bond acceptors (Lipinski definition) is 6. The molecule has 1 amide bonds. The molecule has 2 heterocycles. The number of anilines is 2. The van der Waals surface area contributed by atoms with Gasteiger partial charge in [0.05, 0.1) is 16.9 Å². The highest BCUT2D eigenvalue weighted by atomic mass is 32.2. The molecule has 0 spiro atoms. The number of aromatic nitrogens is 1. The summed E-state index contributed by atoms with van der Waals surface area (Å²) in [5, 5.41) is 6.74. The molecular weight excluding hydrogens is 438 g/mol. The van der Waals surface area contributed by atoms with E-state index < -0.39 is 15.9 Å². The number of nitrogens with zero attached hydrogens (tertiary/aromatic N) is 1. The molecule has 2 N–H and O–H groups in total. The van der Waals surface area contributed by atoms with Crippen molar-refractivity contribution in [2.75, 3.05) is 10.0 Å². The molecule has 4 rings (SSSR count). The van der Waals surface area contributed by atoms with Crippen LogP contribution in [0.25, 0.3) is 11.3 Å². The number of rotatable bonds is 6. The van der Waals surface area contributed by atoms with Gasteiger partial charge in [-0.15, -0.1) is 22.7 Å². The zero-order valence-corrected chi connectivity index (χ0v) is 18.3. The average Bonchev–Trinajstić information content (AvgIpc) is 3.41. The van der Waals surface area contributed by atoms with Crippen LogP contribution in [-0.4, -0.2) is 19.3 Å². The van der Waals surface area contributed by atoms with Crippen molar-refractivity contribution >= 4 is 49.4 Å². The van der Waals surface area contributed by atoms with Crippen LogP contribution in [0.2, 0.25) is 0 Å². The van der Waals surface area contributed by atoms with Crippen molar-refractivity contribution in [3.05, 3.63) is 82.6 Å². The maximum absolute atomic E-state index is 12.8. The van der Waals surface area contributed by atoms with E-state index in [4.69, 9.17) is 0 Å². The van der Waals surface area contributed by atoms with Gasteiger partial charge in [0.1, 0.15) is 4.21 Å². The van der Waals surface area contributed by atoms with Crippen molar-refractivity contribution in [2.45, 2.75) is 11.1 Å². The van der Waals surface area contributed by atoms with Gasteiger partial charge in [-0.25, -0.2) is 13.4 Å². The molecule has 0 fully saturated rings. The molecule has 2 aromatic carbocycles. The molecule has 152 valence electrons. The van der Waals surface area contributed by atoms with Crippen LogP contribution in [0.5, 0.6) is 0 Å². The number of carbonyl (C=O) groups excluding carboxylic acids is 1. The van der Waals surface area contributed by atoms with E-state index in [1.54, 1.807) is 35.7 Å². The Hall–Kier alpha value is -3.01. The van der Waals surface area contributed by atoms with Gasteiger partial charge in [0, 0.05) is 10.9 Å². The number of nitrogens with one attached hydrogen (secondary N) is 2. The van der Waals surface area contributed by atoms with Gasteiger partial charge in [-0.2, -0.15) is 0 Å². The predicted octanol–water partition coefficient (Wildman–Crippen LogP) is 5.23. The molecule has 6 nitrogen and oxygen atoms in total. The molecule has 0 aliphatic rings. The lowest BCUT2D eigenvalue weighted by Gasteiger charge is -2.11. The molecule has 0 saturated heterocycles. The second-order valence-electron chi connectivity index (χ2n) is 6.44. The van der Waals surface area contributed by atoms with E-state index in [0.717, 1.165) is 28.2 Å². The Morgan fingerprint density at radius 2 is 1.73 bits per heavy atom. The Labute approximate surface area is 182 Å². The van der Waals surface area contributed by atoms with Gasteiger partial charge in [-0.05, 0) is 30.5 Å². The molecule has 0 aliphatic carbocycles. The van der Waals surface area contributed by atoms with E-state index >= 15 is 0 Å². The van der Waals surface area contributed by atoms with E-state index in [1.165, 1.54) is 17.4 Å². The quantitative estimate of drug-likeness (QED) is 0.416. The van der Waals surface area contributed by atoms with Gasteiger partial charge in [0.25, 0.3) is 15.9 Å². The van der Waals surface area contributed by atoms with E-state index in [9.17, 15) is 13.2 Å². The molecular formula is C21H17N3O3S3. The largest absolute Gasteiger partial charge is 0.298 e.